The molecule has 0 aliphatic rings. The maximum atomic E-state index is 13.2. The third kappa shape index (κ3) is 4.04. The first-order valence-corrected chi connectivity index (χ1v) is 9.71. The van der Waals surface area contributed by atoms with E-state index in [2.05, 4.69) is 20.3 Å². The number of hydrogen-bond donors (Lipinski definition) is 2. The van der Waals surface area contributed by atoms with Crippen LogP contribution >= 0.6 is 11.8 Å². The minimum Gasteiger partial charge on any atom is -0.357 e. The number of benzene rings is 2. The fourth-order valence-corrected chi connectivity index (χ4v) is 3.65. The van der Waals surface area contributed by atoms with Gasteiger partial charge in [0.15, 0.2) is 0 Å². The van der Waals surface area contributed by atoms with E-state index in [0.29, 0.717) is 11.6 Å². The molecule has 4 rings (SSSR count). The number of aromatic nitrogens is 3. The van der Waals surface area contributed by atoms with Crippen molar-refractivity contribution in [3.63, 3.8) is 0 Å². The van der Waals surface area contributed by atoms with Crippen molar-refractivity contribution in [3.8, 4) is 11.1 Å². The molecule has 140 valence electrons. The highest BCUT2D eigenvalue weighted by atomic mass is 32.2. The molecule has 4 aromatic rings. The molecule has 7 heteroatoms. The number of amides is 1. The van der Waals surface area contributed by atoms with Crippen LogP contribution in [-0.2, 0) is 11.3 Å². The van der Waals surface area contributed by atoms with Gasteiger partial charge in [0.25, 0.3) is 0 Å². The Kier molecular flexibility index (Phi) is 5.34. The summed E-state index contributed by atoms with van der Waals surface area (Å²) in [5.74, 6) is -0.0916. The molecule has 0 aliphatic heterocycles. The lowest BCUT2D eigenvalue weighted by Crippen LogP contribution is -2.24. The molecule has 0 atom stereocenters. The highest BCUT2D eigenvalue weighted by Gasteiger charge is 2.13. The van der Waals surface area contributed by atoms with E-state index in [1.165, 1.54) is 30.2 Å². The van der Waals surface area contributed by atoms with Crippen LogP contribution in [0.1, 0.15) is 5.56 Å². The first-order valence-electron chi connectivity index (χ1n) is 8.72. The fraction of sp³-hybridized carbons (Fsp3) is 0.0952. The molecule has 0 unspecified atom stereocenters. The van der Waals surface area contributed by atoms with E-state index in [1.54, 1.807) is 12.1 Å². The van der Waals surface area contributed by atoms with E-state index >= 15 is 0 Å². The largest absolute Gasteiger partial charge is 0.357 e. The lowest BCUT2D eigenvalue weighted by Gasteiger charge is -2.05. The Morgan fingerprint density at radius 3 is 2.64 bits per heavy atom. The number of nitrogens with one attached hydrogen (secondary N) is 2. The maximum Gasteiger partial charge on any atom is 0.230 e. The molecule has 0 bridgehead atoms. The Morgan fingerprint density at radius 2 is 1.86 bits per heavy atom. The number of H-pyrrole nitrogens is 1. The Labute approximate surface area is 165 Å². The van der Waals surface area contributed by atoms with Gasteiger partial charge in [-0.05, 0) is 23.3 Å². The second kappa shape index (κ2) is 8.22. The first kappa shape index (κ1) is 18.2. The number of nitrogens with zero attached hydrogens (tertiary/aromatic N) is 2. The van der Waals surface area contributed by atoms with Crippen LogP contribution in [0.25, 0.3) is 22.2 Å². The monoisotopic (exact) mass is 392 g/mol. The Morgan fingerprint density at radius 1 is 1.07 bits per heavy atom. The van der Waals surface area contributed by atoms with E-state index in [-0.39, 0.29) is 17.5 Å². The van der Waals surface area contributed by atoms with Crippen molar-refractivity contribution in [3.05, 3.63) is 78.5 Å². The van der Waals surface area contributed by atoms with Crippen LogP contribution in [0.3, 0.4) is 0 Å². The lowest BCUT2D eigenvalue weighted by molar-refractivity contribution is -0.118. The average molecular weight is 392 g/mol. The van der Waals surface area contributed by atoms with Crippen LogP contribution in [0.4, 0.5) is 4.39 Å². The summed E-state index contributed by atoms with van der Waals surface area (Å²) in [4.78, 5) is 24.0. The number of aromatic amines is 1. The zero-order chi connectivity index (χ0) is 19.3. The van der Waals surface area contributed by atoms with Gasteiger partial charge in [-0.15, -0.1) is 0 Å². The van der Waals surface area contributed by atoms with Gasteiger partial charge in [0.2, 0.25) is 5.91 Å². The van der Waals surface area contributed by atoms with Gasteiger partial charge in [0.05, 0.1) is 11.3 Å². The van der Waals surface area contributed by atoms with Crippen molar-refractivity contribution in [2.75, 3.05) is 5.75 Å². The van der Waals surface area contributed by atoms with Gasteiger partial charge in [-0.25, -0.2) is 14.4 Å². The number of halogens is 1. The molecular weight excluding hydrogens is 375 g/mol. The van der Waals surface area contributed by atoms with Crippen LogP contribution in [0.2, 0.25) is 0 Å². The van der Waals surface area contributed by atoms with Crippen molar-refractivity contribution in [1.29, 1.82) is 0 Å². The van der Waals surface area contributed by atoms with Crippen LogP contribution in [0.5, 0.6) is 0 Å². The standard InChI is InChI=1S/C21H17FN4OS/c22-16-8-6-15(7-9-16)17-11-24-20-19(17)25-13-26-21(20)28-12-18(27)23-10-14-4-2-1-3-5-14/h1-9,11,13,24H,10,12H2,(H,23,27). The van der Waals surface area contributed by atoms with E-state index in [1.807, 2.05) is 36.5 Å². The number of carbonyl (C=O) groups is 1. The summed E-state index contributed by atoms with van der Waals surface area (Å²) in [6, 6.07) is 16.0. The van der Waals surface area contributed by atoms with Gasteiger partial charge in [-0.2, -0.15) is 0 Å². The van der Waals surface area contributed by atoms with E-state index in [0.717, 1.165) is 27.7 Å². The molecular formula is C21H17FN4OS. The zero-order valence-corrected chi connectivity index (χ0v) is 15.7. The molecule has 0 spiro atoms. The Balaban J connectivity index is 1.46. The lowest BCUT2D eigenvalue weighted by atomic mass is 10.1. The quantitative estimate of drug-likeness (QED) is 0.382. The predicted octanol–water partition coefficient (Wildman–Crippen LogP) is 4.17. The molecule has 0 saturated carbocycles. The van der Waals surface area contributed by atoms with Crippen molar-refractivity contribution in [1.82, 2.24) is 20.3 Å². The molecule has 5 nitrogen and oxygen atoms in total. The summed E-state index contributed by atoms with van der Waals surface area (Å²) in [5, 5.41) is 3.61. The summed E-state index contributed by atoms with van der Waals surface area (Å²) in [6.07, 6.45) is 3.31. The van der Waals surface area contributed by atoms with Crippen molar-refractivity contribution in [2.45, 2.75) is 11.6 Å². The van der Waals surface area contributed by atoms with Gasteiger partial charge < -0.3 is 10.3 Å². The van der Waals surface area contributed by atoms with Gasteiger partial charge in [0.1, 0.15) is 22.7 Å². The molecule has 2 N–H and O–H groups in total. The molecule has 1 amide bonds. The summed E-state index contributed by atoms with van der Waals surface area (Å²) in [6.45, 7) is 0.497. The fourth-order valence-electron chi connectivity index (χ4n) is 2.86. The minimum atomic E-state index is -0.282. The van der Waals surface area contributed by atoms with E-state index < -0.39 is 0 Å². The number of thioether (sulfide) groups is 1. The molecule has 2 heterocycles. The summed E-state index contributed by atoms with van der Waals surface area (Å²) in [7, 11) is 0. The van der Waals surface area contributed by atoms with Crippen LogP contribution in [0.15, 0.2) is 72.1 Å². The summed E-state index contributed by atoms with van der Waals surface area (Å²) >= 11 is 1.35. The van der Waals surface area contributed by atoms with Crippen LogP contribution in [0, 0.1) is 5.82 Å². The molecule has 0 radical (unpaired) electrons. The molecule has 0 saturated heterocycles. The molecule has 28 heavy (non-hydrogen) atoms. The SMILES string of the molecule is O=C(CSc1ncnc2c(-c3ccc(F)cc3)c[nH]c12)NCc1ccccc1. The van der Waals surface area contributed by atoms with Crippen molar-refractivity contribution in [2.24, 2.45) is 0 Å². The summed E-state index contributed by atoms with van der Waals surface area (Å²) in [5.41, 5.74) is 4.30. The minimum absolute atomic E-state index is 0.0640. The topological polar surface area (TPSA) is 70.7 Å². The third-order valence-corrected chi connectivity index (χ3v) is 5.25. The van der Waals surface area contributed by atoms with Crippen molar-refractivity contribution < 1.29 is 9.18 Å². The summed E-state index contributed by atoms with van der Waals surface area (Å²) < 4.78 is 13.2. The molecule has 0 aliphatic carbocycles. The molecule has 2 aromatic heterocycles. The number of fused-ring (bicyclic) bond motifs is 1. The third-order valence-electron chi connectivity index (χ3n) is 4.26. The predicted molar refractivity (Wildman–Crippen MR) is 108 cm³/mol. The van der Waals surface area contributed by atoms with Gasteiger partial charge in [-0.1, -0.05) is 54.2 Å². The van der Waals surface area contributed by atoms with Gasteiger partial charge in [0, 0.05) is 18.3 Å². The Bertz CT molecular complexity index is 1100. The Hall–Kier alpha value is -3.19. The molecule has 0 fully saturated rings. The second-order valence-corrected chi connectivity index (χ2v) is 7.13. The van der Waals surface area contributed by atoms with E-state index in [9.17, 15) is 9.18 Å². The van der Waals surface area contributed by atoms with Crippen LogP contribution < -0.4 is 5.32 Å². The van der Waals surface area contributed by atoms with E-state index in [4.69, 9.17) is 0 Å². The zero-order valence-electron chi connectivity index (χ0n) is 14.9. The smallest absolute Gasteiger partial charge is 0.230 e. The second-order valence-electron chi connectivity index (χ2n) is 6.16. The first-order chi connectivity index (χ1) is 13.7. The number of rotatable bonds is 6. The number of hydrogen-bond acceptors (Lipinski definition) is 4. The highest BCUT2D eigenvalue weighted by molar-refractivity contribution is 8.00. The van der Waals surface area contributed by atoms with Crippen molar-refractivity contribution >= 4 is 28.7 Å². The van der Waals surface area contributed by atoms with Gasteiger partial charge in [-0.3, -0.25) is 4.79 Å². The highest BCUT2D eigenvalue weighted by Crippen LogP contribution is 2.31. The number of carbonyl (C=O) groups excluding carboxylic acids is 1. The van der Waals surface area contributed by atoms with Crippen LogP contribution in [-0.4, -0.2) is 26.6 Å². The normalized spacial score (nSPS) is 10.9. The maximum absolute atomic E-state index is 13.2. The van der Waals surface area contributed by atoms with Gasteiger partial charge >= 0.3 is 0 Å². The molecule has 2 aromatic carbocycles. The average Bonchev–Trinajstić information content (AvgIpc) is 3.17.